The van der Waals surface area contributed by atoms with E-state index in [4.69, 9.17) is 5.11 Å². The fraction of sp³-hybridized carbons (Fsp3) is 0.800. The molecule has 1 aliphatic carbocycles. The lowest BCUT2D eigenvalue weighted by Crippen LogP contribution is -2.51. The molecule has 1 rings (SSSR count). The van der Waals surface area contributed by atoms with E-state index in [1.165, 1.54) is 13.3 Å². The summed E-state index contributed by atoms with van der Waals surface area (Å²) in [4.78, 5) is 34.4. The molecule has 0 saturated heterocycles. The normalized spacial score (nSPS) is 19.8. The van der Waals surface area contributed by atoms with Gasteiger partial charge in [-0.25, -0.2) is 4.79 Å². The number of amides is 2. The zero-order chi connectivity index (χ0) is 16.8. The third kappa shape index (κ3) is 6.01. The van der Waals surface area contributed by atoms with Crippen LogP contribution in [0.3, 0.4) is 0 Å². The van der Waals surface area contributed by atoms with Crippen LogP contribution in [0.5, 0.6) is 0 Å². The Morgan fingerprint density at radius 3 is 2.36 bits per heavy atom. The molecule has 1 saturated carbocycles. The number of aliphatic hydroxyl groups is 1. The van der Waals surface area contributed by atoms with Gasteiger partial charge in [-0.05, 0) is 32.6 Å². The summed E-state index contributed by atoms with van der Waals surface area (Å²) in [6, 6.07) is -0.763. The van der Waals surface area contributed by atoms with Crippen LogP contribution in [0.4, 0.5) is 0 Å². The third-order valence-electron chi connectivity index (χ3n) is 4.04. The second-order valence-electron chi connectivity index (χ2n) is 6.29. The van der Waals surface area contributed by atoms with Crippen molar-refractivity contribution < 1.29 is 24.6 Å². The number of rotatable bonds is 7. The molecule has 0 aliphatic heterocycles. The predicted octanol–water partition coefficient (Wildman–Crippen LogP) is 0.413. The largest absolute Gasteiger partial charge is 0.479 e. The van der Waals surface area contributed by atoms with E-state index in [0.29, 0.717) is 12.3 Å². The van der Waals surface area contributed by atoms with Crippen LogP contribution in [-0.2, 0) is 14.4 Å². The number of aliphatic carboxylic acids is 1. The van der Waals surface area contributed by atoms with Crippen LogP contribution in [0.2, 0.25) is 0 Å². The maximum atomic E-state index is 11.9. The Morgan fingerprint density at radius 2 is 1.82 bits per heavy atom. The van der Waals surface area contributed by atoms with Crippen molar-refractivity contribution in [3.05, 3.63) is 0 Å². The second kappa shape index (κ2) is 8.12. The molecule has 7 nitrogen and oxygen atoms in total. The zero-order valence-electron chi connectivity index (χ0n) is 13.2. The minimum absolute atomic E-state index is 0.167. The summed E-state index contributed by atoms with van der Waals surface area (Å²) in [5.41, 5.74) is -2.03. The Bertz CT molecular complexity index is 416. The first kappa shape index (κ1) is 18.4. The van der Waals surface area contributed by atoms with Crippen molar-refractivity contribution in [2.45, 2.75) is 64.0 Å². The lowest BCUT2D eigenvalue weighted by molar-refractivity contribution is -0.156. The number of carbonyl (C=O) groups excluding carboxylic acids is 2. The summed E-state index contributed by atoms with van der Waals surface area (Å²) in [5.74, 6) is -1.71. The molecule has 0 radical (unpaired) electrons. The van der Waals surface area contributed by atoms with Gasteiger partial charge in [0, 0.05) is 6.42 Å². The maximum absolute atomic E-state index is 11.9. The van der Waals surface area contributed by atoms with Crippen molar-refractivity contribution in [3.8, 4) is 0 Å². The van der Waals surface area contributed by atoms with Crippen LogP contribution < -0.4 is 10.6 Å². The summed E-state index contributed by atoms with van der Waals surface area (Å²) in [5, 5.41) is 23.2. The van der Waals surface area contributed by atoms with Gasteiger partial charge in [0.15, 0.2) is 5.60 Å². The summed E-state index contributed by atoms with van der Waals surface area (Å²) in [6.45, 7) is 2.22. The van der Waals surface area contributed by atoms with E-state index >= 15 is 0 Å². The topological polar surface area (TPSA) is 116 Å². The molecule has 0 aromatic heterocycles. The van der Waals surface area contributed by atoms with E-state index < -0.39 is 30.1 Å². The fourth-order valence-electron chi connectivity index (χ4n) is 2.51. The molecular weight excluding hydrogens is 288 g/mol. The first-order chi connectivity index (χ1) is 10.2. The number of carbonyl (C=O) groups is 3. The Balaban J connectivity index is 2.33. The van der Waals surface area contributed by atoms with Gasteiger partial charge in [-0.1, -0.05) is 19.3 Å². The number of nitrogens with one attached hydrogen (secondary N) is 2. The Morgan fingerprint density at radius 1 is 1.23 bits per heavy atom. The van der Waals surface area contributed by atoms with E-state index in [2.05, 4.69) is 10.6 Å². The first-order valence-electron chi connectivity index (χ1n) is 7.75. The first-order valence-corrected chi connectivity index (χ1v) is 7.75. The van der Waals surface area contributed by atoms with Gasteiger partial charge >= 0.3 is 5.97 Å². The molecule has 4 N–H and O–H groups in total. The van der Waals surface area contributed by atoms with Crippen molar-refractivity contribution in [2.75, 3.05) is 6.54 Å². The standard InChI is InChI=1S/C15H26N2O5/c1-10(13(19)16-9-15(2,22)14(20)21)17-12(18)8-11-6-4-3-5-7-11/h10-11,22H,3-9H2,1-2H3,(H,16,19)(H,17,18)(H,20,21). The Labute approximate surface area is 130 Å². The molecule has 1 aliphatic rings. The zero-order valence-corrected chi connectivity index (χ0v) is 13.2. The van der Waals surface area contributed by atoms with Gasteiger partial charge in [-0.2, -0.15) is 0 Å². The molecule has 0 bridgehead atoms. The average Bonchev–Trinajstić information content (AvgIpc) is 2.45. The Kier molecular flexibility index (Phi) is 6.80. The molecule has 22 heavy (non-hydrogen) atoms. The maximum Gasteiger partial charge on any atom is 0.337 e. The van der Waals surface area contributed by atoms with E-state index in [-0.39, 0.29) is 5.91 Å². The molecule has 126 valence electrons. The van der Waals surface area contributed by atoms with E-state index in [0.717, 1.165) is 32.6 Å². The molecule has 0 spiro atoms. The van der Waals surface area contributed by atoms with E-state index in [1.807, 2.05) is 0 Å². The van der Waals surface area contributed by atoms with Crippen LogP contribution >= 0.6 is 0 Å². The summed E-state index contributed by atoms with van der Waals surface area (Å²) in [7, 11) is 0. The predicted molar refractivity (Wildman–Crippen MR) is 80.1 cm³/mol. The monoisotopic (exact) mass is 314 g/mol. The SMILES string of the molecule is CC(NC(=O)CC1CCCCC1)C(=O)NCC(C)(O)C(=O)O. The fourth-order valence-corrected chi connectivity index (χ4v) is 2.51. The molecule has 7 heteroatoms. The number of carboxylic acid groups (broad SMARTS) is 1. The highest BCUT2D eigenvalue weighted by molar-refractivity contribution is 5.88. The lowest BCUT2D eigenvalue weighted by atomic mass is 9.87. The quantitative estimate of drug-likeness (QED) is 0.543. The number of hydrogen-bond acceptors (Lipinski definition) is 4. The van der Waals surface area contributed by atoms with Crippen LogP contribution in [0, 0.1) is 5.92 Å². The molecule has 2 amide bonds. The van der Waals surface area contributed by atoms with Crippen molar-refractivity contribution in [1.82, 2.24) is 10.6 Å². The van der Waals surface area contributed by atoms with Crippen molar-refractivity contribution in [2.24, 2.45) is 5.92 Å². The molecule has 0 heterocycles. The van der Waals surface area contributed by atoms with E-state index in [1.54, 1.807) is 0 Å². The van der Waals surface area contributed by atoms with Gasteiger partial charge in [0.1, 0.15) is 6.04 Å². The number of hydrogen-bond donors (Lipinski definition) is 4. The van der Waals surface area contributed by atoms with Gasteiger partial charge in [0.25, 0.3) is 0 Å². The van der Waals surface area contributed by atoms with Gasteiger partial charge in [0.05, 0.1) is 6.54 Å². The minimum Gasteiger partial charge on any atom is -0.479 e. The minimum atomic E-state index is -2.03. The highest BCUT2D eigenvalue weighted by Crippen LogP contribution is 2.26. The van der Waals surface area contributed by atoms with Crippen molar-refractivity contribution >= 4 is 17.8 Å². The summed E-state index contributed by atoms with van der Waals surface area (Å²) < 4.78 is 0. The van der Waals surface area contributed by atoms with Gasteiger partial charge in [0.2, 0.25) is 11.8 Å². The average molecular weight is 314 g/mol. The highest BCUT2D eigenvalue weighted by Gasteiger charge is 2.31. The molecule has 0 aromatic rings. The molecule has 2 atom stereocenters. The van der Waals surface area contributed by atoms with Crippen LogP contribution in [0.25, 0.3) is 0 Å². The van der Waals surface area contributed by atoms with Gasteiger partial charge in [-0.15, -0.1) is 0 Å². The summed E-state index contributed by atoms with van der Waals surface area (Å²) in [6.07, 6.45) is 6.05. The smallest absolute Gasteiger partial charge is 0.337 e. The second-order valence-corrected chi connectivity index (χ2v) is 6.29. The van der Waals surface area contributed by atoms with Crippen molar-refractivity contribution in [1.29, 1.82) is 0 Å². The summed E-state index contributed by atoms with van der Waals surface area (Å²) >= 11 is 0. The van der Waals surface area contributed by atoms with Crippen LogP contribution in [-0.4, -0.2) is 46.2 Å². The molecular formula is C15H26N2O5. The van der Waals surface area contributed by atoms with Gasteiger partial charge < -0.3 is 20.8 Å². The third-order valence-corrected chi connectivity index (χ3v) is 4.04. The van der Waals surface area contributed by atoms with Crippen molar-refractivity contribution in [3.63, 3.8) is 0 Å². The van der Waals surface area contributed by atoms with Crippen LogP contribution in [0.15, 0.2) is 0 Å². The Hall–Kier alpha value is -1.63. The molecule has 2 unspecified atom stereocenters. The van der Waals surface area contributed by atoms with Crippen LogP contribution in [0.1, 0.15) is 52.4 Å². The number of carboxylic acids is 1. The molecule has 1 fully saturated rings. The van der Waals surface area contributed by atoms with E-state index in [9.17, 15) is 19.5 Å². The lowest BCUT2D eigenvalue weighted by Gasteiger charge is -2.23. The van der Waals surface area contributed by atoms with Gasteiger partial charge in [-0.3, -0.25) is 9.59 Å². The highest BCUT2D eigenvalue weighted by atomic mass is 16.4. The molecule has 0 aromatic carbocycles.